The molecule has 0 aromatic heterocycles. The molecular weight excluding hydrogens is 250 g/mol. The van der Waals surface area contributed by atoms with E-state index < -0.39 is 20.8 Å². The molecule has 5 nitrogen and oxygen atoms in total. The highest BCUT2D eigenvalue weighted by molar-refractivity contribution is 7.90. The van der Waals surface area contributed by atoms with Crippen molar-refractivity contribution >= 4 is 10.0 Å². The van der Waals surface area contributed by atoms with E-state index in [4.69, 9.17) is 5.26 Å². The molecule has 1 fully saturated rings. The molecule has 1 aliphatic carbocycles. The van der Waals surface area contributed by atoms with Crippen molar-refractivity contribution in [3.63, 3.8) is 0 Å². The van der Waals surface area contributed by atoms with Gasteiger partial charge in [0, 0.05) is 0 Å². The minimum absolute atomic E-state index is 0.226. The molecule has 0 aromatic carbocycles. The Morgan fingerprint density at radius 2 is 1.94 bits per heavy atom. The van der Waals surface area contributed by atoms with E-state index in [1.807, 2.05) is 0 Å². The van der Waals surface area contributed by atoms with E-state index in [9.17, 15) is 13.7 Å². The van der Waals surface area contributed by atoms with Gasteiger partial charge in [0.25, 0.3) is 0 Å². The summed E-state index contributed by atoms with van der Waals surface area (Å²) in [5.41, 5.74) is -1.02. The molecule has 6 heteroatoms. The van der Waals surface area contributed by atoms with Gasteiger partial charge in [-0.1, -0.05) is 13.8 Å². The van der Waals surface area contributed by atoms with Crippen LogP contribution in [0.25, 0.3) is 0 Å². The van der Waals surface area contributed by atoms with E-state index in [-0.39, 0.29) is 6.42 Å². The van der Waals surface area contributed by atoms with E-state index in [2.05, 4.69) is 17.7 Å². The fourth-order valence-electron chi connectivity index (χ4n) is 2.22. The molecule has 0 heterocycles. The first kappa shape index (κ1) is 14.9. The lowest BCUT2D eigenvalue weighted by Gasteiger charge is -2.34. The molecule has 1 saturated carbocycles. The molecule has 0 radical (unpaired) electrons. The predicted molar refractivity (Wildman–Crippen MR) is 67.7 cm³/mol. The summed E-state index contributed by atoms with van der Waals surface area (Å²) < 4.78 is 26.5. The number of nitriles is 2. The first-order valence-corrected chi connectivity index (χ1v) is 7.77. The third-order valence-electron chi connectivity index (χ3n) is 3.57. The second-order valence-electron chi connectivity index (χ2n) is 5.05. The standard InChI is InChI=1S/C12H19N3O2S/c1-3-11(8-13)18(16,17)15-12(9-14)6-4-10(2)5-7-12/h10-11,15H,3-7H2,1-2H3. The van der Waals surface area contributed by atoms with Crippen molar-refractivity contribution < 1.29 is 8.42 Å². The summed E-state index contributed by atoms with van der Waals surface area (Å²) in [6.45, 7) is 3.75. The quantitative estimate of drug-likeness (QED) is 0.840. The van der Waals surface area contributed by atoms with Gasteiger partial charge in [-0.15, -0.1) is 0 Å². The zero-order chi connectivity index (χ0) is 13.8. The lowest BCUT2D eigenvalue weighted by Crippen LogP contribution is -2.51. The van der Waals surface area contributed by atoms with E-state index in [1.54, 1.807) is 13.0 Å². The van der Waals surface area contributed by atoms with Crippen LogP contribution in [-0.2, 0) is 10.0 Å². The van der Waals surface area contributed by atoms with Crippen molar-refractivity contribution in [2.75, 3.05) is 0 Å². The molecular formula is C12H19N3O2S. The molecule has 0 amide bonds. The van der Waals surface area contributed by atoms with E-state index in [0.717, 1.165) is 12.8 Å². The molecule has 1 unspecified atom stereocenters. The van der Waals surface area contributed by atoms with Crippen molar-refractivity contribution in [1.29, 1.82) is 10.5 Å². The summed E-state index contributed by atoms with van der Waals surface area (Å²) in [7, 11) is -3.74. The van der Waals surface area contributed by atoms with Crippen LogP contribution in [0.5, 0.6) is 0 Å². The van der Waals surface area contributed by atoms with Gasteiger partial charge in [-0.2, -0.15) is 15.2 Å². The smallest absolute Gasteiger partial charge is 0.211 e. The summed E-state index contributed by atoms with van der Waals surface area (Å²) in [6.07, 6.45) is 2.93. The highest BCUT2D eigenvalue weighted by atomic mass is 32.2. The van der Waals surface area contributed by atoms with Gasteiger partial charge in [0.1, 0.15) is 5.54 Å². The summed E-state index contributed by atoms with van der Waals surface area (Å²) >= 11 is 0. The number of hydrogen-bond donors (Lipinski definition) is 1. The lowest BCUT2D eigenvalue weighted by molar-refractivity contribution is 0.277. The average molecular weight is 269 g/mol. The SMILES string of the molecule is CCC(C#N)S(=O)(=O)NC1(C#N)CCC(C)CC1. The van der Waals surface area contributed by atoms with Gasteiger partial charge in [0.2, 0.25) is 10.0 Å². The molecule has 1 aliphatic rings. The summed E-state index contributed by atoms with van der Waals surface area (Å²) in [5, 5.41) is 17.0. The Labute approximate surface area is 109 Å². The Kier molecular flexibility index (Phi) is 4.72. The van der Waals surface area contributed by atoms with Gasteiger partial charge in [-0.05, 0) is 38.0 Å². The predicted octanol–water partition coefficient (Wildman–Crippen LogP) is 1.68. The third kappa shape index (κ3) is 3.22. The minimum Gasteiger partial charge on any atom is -0.211 e. The van der Waals surface area contributed by atoms with Crippen LogP contribution in [0.3, 0.4) is 0 Å². The second kappa shape index (κ2) is 5.69. The Hall–Kier alpha value is -1.11. The number of rotatable bonds is 4. The largest absolute Gasteiger partial charge is 0.229 e. The van der Waals surface area contributed by atoms with Gasteiger partial charge in [-0.25, -0.2) is 8.42 Å². The lowest BCUT2D eigenvalue weighted by atomic mass is 9.79. The van der Waals surface area contributed by atoms with Gasteiger partial charge in [0.05, 0.1) is 12.1 Å². The first-order chi connectivity index (χ1) is 8.39. The molecule has 1 rings (SSSR count). The average Bonchev–Trinajstić information content (AvgIpc) is 2.33. The third-order valence-corrected chi connectivity index (χ3v) is 5.43. The van der Waals surface area contributed by atoms with Crippen LogP contribution < -0.4 is 4.72 Å². The highest BCUT2D eigenvalue weighted by Gasteiger charge is 2.40. The first-order valence-electron chi connectivity index (χ1n) is 6.23. The molecule has 0 saturated heterocycles. The molecule has 1 atom stereocenters. The van der Waals surface area contributed by atoms with Crippen LogP contribution in [0.1, 0.15) is 46.0 Å². The topological polar surface area (TPSA) is 93.8 Å². The van der Waals surface area contributed by atoms with Gasteiger partial charge >= 0.3 is 0 Å². The second-order valence-corrected chi connectivity index (χ2v) is 6.91. The molecule has 0 bridgehead atoms. The van der Waals surface area contributed by atoms with Crippen molar-refractivity contribution in [2.24, 2.45) is 5.92 Å². The Morgan fingerprint density at radius 1 is 1.39 bits per heavy atom. The van der Waals surface area contributed by atoms with Gasteiger partial charge < -0.3 is 0 Å². The molecule has 0 aromatic rings. The number of sulfonamides is 1. The summed E-state index contributed by atoms with van der Waals surface area (Å²) in [6, 6.07) is 3.87. The van der Waals surface area contributed by atoms with E-state index in [1.165, 1.54) is 0 Å². The van der Waals surface area contributed by atoms with Crippen LogP contribution in [0.4, 0.5) is 0 Å². The molecule has 0 spiro atoms. The van der Waals surface area contributed by atoms with Crippen LogP contribution in [0.2, 0.25) is 0 Å². The van der Waals surface area contributed by atoms with Crippen LogP contribution in [0, 0.1) is 28.6 Å². The maximum Gasteiger partial charge on any atom is 0.229 e. The zero-order valence-corrected chi connectivity index (χ0v) is 11.6. The molecule has 0 aliphatic heterocycles. The Balaban J connectivity index is 2.88. The van der Waals surface area contributed by atoms with Crippen molar-refractivity contribution in [3.05, 3.63) is 0 Å². The number of nitrogens with one attached hydrogen (secondary N) is 1. The van der Waals surface area contributed by atoms with Crippen LogP contribution >= 0.6 is 0 Å². The minimum atomic E-state index is -3.74. The zero-order valence-electron chi connectivity index (χ0n) is 10.8. The van der Waals surface area contributed by atoms with Crippen LogP contribution in [-0.4, -0.2) is 19.2 Å². The maximum atomic E-state index is 12.0. The highest BCUT2D eigenvalue weighted by Crippen LogP contribution is 2.32. The monoisotopic (exact) mass is 269 g/mol. The van der Waals surface area contributed by atoms with Crippen molar-refractivity contribution in [2.45, 2.75) is 56.7 Å². The van der Waals surface area contributed by atoms with Gasteiger partial charge in [0.15, 0.2) is 5.25 Å². The van der Waals surface area contributed by atoms with Crippen molar-refractivity contribution in [1.82, 2.24) is 4.72 Å². The van der Waals surface area contributed by atoms with E-state index in [0.29, 0.717) is 18.8 Å². The molecule has 100 valence electrons. The number of hydrogen-bond acceptors (Lipinski definition) is 4. The summed E-state index contributed by atoms with van der Waals surface area (Å²) in [4.78, 5) is 0. The molecule has 1 N–H and O–H groups in total. The maximum absolute atomic E-state index is 12.0. The van der Waals surface area contributed by atoms with Crippen molar-refractivity contribution in [3.8, 4) is 12.1 Å². The van der Waals surface area contributed by atoms with E-state index >= 15 is 0 Å². The molecule has 18 heavy (non-hydrogen) atoms. The Morgan fingerprint density at radius 3 is 2.33 bits per heavy atom. The summed E-state index contributed by atoms with van der Waals surface area (Å²) in [5.74, 6) is 0.522. The number of nitrogens with zero attached hydrogens (tertiary/aromatic N) is 2. The normalized spacial score (nSPS) is 30.1. The Bertz CT molecular complexity index is 465. The fourth-order valence-corrected chi connectivity index (χ4v) is 3.73. The fraction of sp³-hybridized carbons (Fsp3) is 0.833. The van der Waals surface area contributed by atoms with Gasteiger partial charge in [-0.3, -0.25) is 0 Å². The van der Waals surface area contributed by atoms with Crippen LogP contribution in [0.15, 0.2) is 0 Å².